The van der Waals surface area contributed by atoms with Crippen molar-refractivity contribution in [2.45, 2.75) is 61.9 Å². The lowest BCUT2D eigenvalue weighted by Crippen LogP contribution is -2.25. The molecule has 0 atom stereocenters. The minimum Gasteiger partial charge on any atom is -0.361 e. The van der Waals surface area contributed by atoms with Crippen LogP contribution in [-0.4, -0.2) is 25.7 Å². The quantitative estimate of drug-likeness (QED) is 0.111. The standard InChI is InChI=1S/C35H38N4.C8H10.C2H6/c1-25(2)31-16-10-12-18-33(31)38-29(6)28(5)22-26(3)21-27(4)23-39(35-20-14-13-19-34(35)37-8)24-30-15-9-11-17-32(30)36-7;1-7-5-3-4-6-8(7)2;1-2/h9-22H,1,5,7-8,23-24H2,2-4,6H3;3-6H,1-2H3;1-2H3/b26-22-,27-21+,38-29?;;. The highest BCUT2D eigenvalue weighted by molar-refractivity contribution is 6.02. The summed E-state index contributed by atoms with van der Waals surface area (Å²) in [5.41, 5.74) is 13.6. The number of para-hydroxylation sites is 4. The van der Waals surface area contributed by atoms with Crippen molar-refractivity contribution in [3.63, 3.8) is 0 Å². The molecule has 0 radical (unpaired) electrons. The van der Waals surface area contributed by atoms with E-state index < -0.39 is 0 Å². The van der Waals surface area contributed by atoms with Crippen molar-refractivity contribution in [1.29, 1.82) is 0 Å². The Kier molecular flexibility index (Phi) is 16.9. The summed E-state index contributed by atoms with van der Waals surface area (Å²) in [6.07, 6.45) is 4.27. The number of hydrogen-bond donors (Lipinski definition) is 0. The third-order valence-corrected chi connectivity index (χ3v) is 7.77. The van der Waals surface area contributed by atoms with Crippen LogP contribution in [0.4, 0.5) is 22.7 Å². The highest BCUT2D eigenvalue weighted by atomic mass is 15.1. The Hall–Kier alpha value is -5.35. The zero-order valence-electron chi connectivity index (χ0n) is 30.9. The minimum atomic E-state index is 0.663. The van der Waals surface area contributed by atoms with Gasteiger partial charge in [0.25, 0.3) is 0 Å². The molecule has 0 saturated carbocycles. The number of allylic oxidation sites excluding steroid dienone is 5. The van der Waals surface area contributed by atoms with E-state index in [1.165, 1.54) is 16.7 Å². The van der Waals surface area contributed by atoms with Crippen LogP contribution in [0, 0.1) is 13.8 Å². The van der Waals surface area contributed by atoms with Crippen LogP contribution in [0.2, 0.25) is 0 Å². The van der Waals surface area contributed by atoms with E-state index in [0.29, 0.717) is 13.1 Å². The van der Waals surface area contributed by atoms with Crippen LogP contribution in [-0.2, 0) is 6.54 Å². The Morgan fingerprint density at radius 1 is 0.653 bits per heavy atom. The van der Waals surface area contributed by atoms with Crippen LogP contribution in [0.15, 0.2) is 154 Å². The van der Waals surface area contributed by atoms with Crippen LogP contribution in [0.5, 0.6) is 0 Å². The van der Waals surface area contributed by atoms with E-state index >= 15 is 0 Å². The smallest absolute Gasteiger partial charge is 0.0855 e. The van der Waals surface area contributed by atoms with Crippen molar-refractivity contribution in [1.82, 2.24) is 0 Å². The molecule has 0 aliphatic carbocycles. The molecule has 4 aromatic carbocycles. The van der Waals surface area contributed by atoms with E-state index in [-0.39, 0.29) is 0 Å². The second-order valence-corrected chi connectivity index (χ2v) is 11.8. The number of nitrogens with zero attached hydrogens (tertiary/aromatic N) is 4. The Balaban J connectivity index is 0.000000719. The number of aryl methyl sites for hydroxylation is 2. The third kappa shape index (κ3) is 12.6. The van der Waals surface area contributed by atoms with E-state index in [1.807, 2.05) is 88.4 Å². The first-order valence-electron chi connectivity index (χ1n) is 16.8. The molecule has 0 unspecified atom stereocenters. The third-order valence-electron chi connectivity index (χ3n) is 7.77. The summed E-state index contributed by atoms with van der Waals surface area (Å²) in [4.78, 5) is 15.6. The molecule has 0 aromatic heterocycles. The van der Waals surface area contributed by atoms with Crippen molar-refractivity contribution in [3.05, 3.63) is 161 Å². The zero-order chi connectivity index (χ0) is 36.3. The topological polar surface area (TPSA) is 40.3 Å². The summed E-state index contributed by atoms with van der Waals surface area (Å²) >= 11 is 0. The maximum Gasteiger partial charge on any atom is 0.0855 e. The number of aliphatic imine (C=N–C) groups is 3. The average Bonchev–Trinajstić information content (AvgIpc) is 3.10. The summed E-state index contributed by atoms with van der Waals surface area (Å²) in [5, 5.41) is 0. The van der Waals surface area contributed by atoms with Gasteiger partial charge in [-0.15, -0.1) is 0 Å². The summed E-state index contributed by atoms with van der Waals surface area (Å²) in [5.74, 6) is 0. The van der Waals surface area contributed by atoms with E-state index in [0.717, 1.165) is 56.3 Å². The van der Waals surface area contributed by atoms with Gasteiger partial charge in [-0.2, -0.15) is 0 Å². The molecule has 0 aliphatic rings. The summed E-state index contributed by atoms with van der Waals surface area (Å²) in [6, 6.07) is 32.5. The lowest BCUT2D eigenvalue weighted by Gasteiger charge is -2.27. The summed E-state index contributed by atoms with van der Waals surface area (Å²) < 4.78 is 0. The minimum absolute atomic E-state index is 0.663. The normalized spacial score (nSPS) is 11.3. The van der Waals surface area contributed by atoms with Crippen LogP contribution in [0.3, 0.4) is 0 Å². The first kappa shape index (κ1) is 39.8. The Bertz CT molecular complexity index is 1800. The van der Waals surface area contributed by atoms with Gasteiger partial charge >= 0.3 is 0 Å². The van der Waals surface area contributed by atoms with Gasteiger partial charge in [-0.1, -0.05) is 123 Å². The highest BCUT2D eigenvalue weighted by Gasteiger charge is 2.14. The van der Waals surface area contributed by atoms with Crippen molar-refractivity contribution in [3.8, 4) is 0 Å². The van der Waals surface area contributed by atoms with Gasteiger partial charge in [0, 0.05) is 24.4 Å². The largest absolute Gasteiger partial charge is 0.361 e. The van der Waals surface area contributed by atoms with E-state index in [9.17, 15) is 0 Å². The predicted octanol–water partition coefficient (Wildman–Crippen LogP) is 13.0. The average molecular weight is 651 g/mol. The monoisotopic (exact) mass is 650 g/mol. The highest BCUT2D eigenvalue weighted by Crippen LogP contribution is 2.32. The Labute approximate surface area is 296 Å². The molecule has 4 aromatic rings. The maximum atomic E-state index is 4.84. The molecule has 0 aliphatic heterocycles. The molecule has 0 saturated heterocycles. The van der Waals surface area contributed by atoms with E-state index in [1.54, 1.807) is 0 Å². The molecule has 0 amide bonds. The molecule has 4 nitrogen and oxygen atoms in total. The van der Waals surface area contributed by atoms with E-state index in [2.05, 4.69) is 118 Å². The van der Waals surface area contributed by atoms with Crippen molar-refractivity contribution in [2.75, 3.05) is 11.4 Å². The molecule has 0 spiro atoms. The molecular weight excluding hydrogens is 597 g/mol. The van der Waals surface area contributed by atoms with Crippen LogP contribution in [0.25, 0.3) is 5.57 Å². The molecule has 0 N–H and O–H groups in total. The zero-order valence-corrected chi connectivity index (χ0v) is 30.9. The lowest BCUT2D eigenvalue weighted by molar-refractivity contribution is 0.843. The fourth-order valence-corrected chi connectivity index (χ4v) is 5.10. The van der Waals surface area contributed by atoms with Crippen molar-refractivity contribution < 1.29 is 0 Å². The van der Waals surface area contributed by atoms with Crippen LogP contribution >= 0.6 is 0 Å². The second kappa shape index (κ2) is 20.8. The fraction of sp³-hybridized carbons (Fsp3) is 0.222. The van der Waals surface area contributed by atoms with Gasteiger partial charge in [-0.05, 0) is 107 Å². The van der Waals surface area contributed by atoms with Crippen LogP contribution < -0.4 is 4.90 Å². The summed E-state index contributed by atoms with van der Waals surface area (Å²) in [7, 11) is 0. The van der Waals surface area contributed by atoms with E-state index in [4.69, 9.17) is 4.99 Å². The lowest BCUT2D eigenvalue weighted by atomic mass is 10.1. The number of hydrogen-bond acceptors (Lipinski definition) is 4. The molecule has 49 heavy (non-hydrogen) atoms. The Morgan fingerprint density at radius 3 is 1.73 bits per heavy atom. The van der Waals surface area contributed by atoms with Gasteiger partial charge in [-0.3, -0.25) is 15.0 Å². The molecule has 0 heterocycles. The number of anilines is 1. The van der Waals surface area contributed by atoms with Gasteiger partial charge in [0.15, 0.2) is 0 Å². The molecule has 4 heteroatoms. The molecule has 0 fully saturated rings. The predicted molar refractivity (Wildman–Crippen MR) is 220 cm³/mol. The van der Waals surface area contributed by atoms with Gasteiger partial charge in [-0.25, -0.2) is 0 Å². The van der Waals surface area contributed by atoms with Crippen molar-refractivity contribution in [2.24, 2.45) is 15.0 Å². The number of rotatable bonds is 12. The fourth-order valence-electron chi connectivity index (χ4n) is 5.10. The molecular formula is C45H54N4. The van der Waals surface area contributed by atoms with Gasteiger partial charge in [0.2, 0.25) is 0 Å². The molecule has 0 bridgehead atoms. The summed E-state index contributed by atoms with van der Waals surface area (Å²) in [6.45, 7) is 33.7. The first-order chi connectivity index (χ1) is 23.5. The SMILES string of the molecule is C=Nc1ccccc1CN(C/C(C)=C/C(C)=C\C(=C)C(C)=Nc1ccccc1C(=C)C)c1ccccc1N=C.CC.Cc1ccccc1C. The van der Waals surface area contributed by atoms with Crippen molar-refractivity contribution >= 4 is 47.5 Å². The molecule has 4 rings (SSSR count). The van der Waals surface area contributed by atoms with Gasteiger partial charge in [0.05, 0.1) is 22.7 Å². The van der Waals surface area contributed by atoms with Crippen LogP contribution in [0.1, 0.15) is 63.8 Å². The first-order valence-corrected chi connectivity index (χ1v) is 16.8. The van der Waals surface area contributed by atoms with Gasteiger partial charge in [0.1, 0.15) is 0 Å². The number of benzene rings is 4. The Morgan fingerprint density at radius 2 is 1.16 bits per heavy atom. The van der Waals surface area contributed by atoms with Gasteiger partial charge < -0.3 is 4.90 Å². The second-order valence-electron chi connectivity index (χ2n) is 11.8. The maximum absolute atomic E-state index is 4.84. The molecule has 254 valence electrons.